The first-order chi connectivity index (χ1) is 7.91. The van der Waals surface area contributed by atoms with Crippen LogP contribution < -0.4 is 11.1 Å². The molecule has 0 saturated carbocycles. The van der Waals surface area contributed by atoms with Gasteiger partial charge in [0.15, 0.2) is 0 Å². The topological polar surface area (TPSA) is 55.1 Å². The van der Waals surface area contributed by atoms with E-state index in [0.717, 1.165) is 6.42 Å². The van der Waals surface area contributed by atoms with E-state index in [9.17, 15) is 4.79 Å². The summed E-state index contributed by atoms with van der Waals surface area (Å²) >= 11 is 11.7. The van der Waals surface area contributed by atoms with E-state index in [0.29, 0.717) is 33.8 Å². The Hall–Kier alpha value is -0.930. The molecule has 3 nitrogen and oxygen atoms in total. The zero-order chi connectivity index (χ0) is 13.0. The Balaban J connectivity index is 2.70. The molecule has 0 fully saturated rings. The Bertz CT molecular complexity index is 396. The predicted molar refractivity (Wildman–Crippen MR) is 72.7 cm³/mol. The average molecular weight is 275 g/mol. The van der Waals surface area contributed by atoms with E-state index < -0.39 is 0 Å². The SMILES string of the molecule is CC(C)CCNC(=O)c1cc(Cl)c(N)c(Cl)c1. The highest BCUT2D eigenvalue weighted by molar-refractivity contribution is 6.39. The van der Waals surface area contributed by atoms with Crippen LogP contribution in [0.4, 0.5) is 5.69 Å². The number of benzene rings is 1. The van der Waals surface area contributed by atoms with Crippen molar-refractivity contribution in [3.8, 4) is 0 Å². The Kier molecular flexibility index (Phi) is 5.09. The third kappa shape index (κ3) is 4.10. The molecule has 0 aliphatic rings. The average Bonchev–Trinajstić information content (AvgIpc) is 2.24. The fourth-order valence-corrected chi connectivity index (χ4v) is 1.78. The van der Waals surface area contributed by atoms with Crippen molar-refractivity contribution in [2.24, 2.45) is 5.92 Å². The third-order valence-corrected chi connectivity index (χ3v) is 2.97. The number of nitrogens with two attached hydrogens (primary N) is 1. The number of rotatable bonds is 4. The first-order valence-electron chi connectivity index (χ1n) is 5.44. The summed E-state index contributed by atoms with van der Waals surface area (Å²) in [6.45, 7) is 4.84. The van der Waals surface area contributed by atoms with E-state index in [4.69, 9.17) is 28.9 Å². The fraction of sp³-hybridized carbons (Fsp3) is 0.417. The van der Waals surface area contributed by atoms with Gasteiger partial charge < -0.3 is 11.1 Å². The molecule has 1 rings (SSSR count). The summed E-state index contributed by atoms with van der Waals surface area (Å²) in [5.41, 5.74) is 6.32. The van der Waals surface area contributed by atoms with Crippen LogP contribution in [-0.2, 0) is 0 Å². The van der Waals surface area contributed by atoms with Crippen LogP contribution in [-0.4, -0.2) is 12.5 Å². The number of nitrogen functional groups attached to an aromatic ring is 1. The Morgan fingerprint density at radius 3 is 2.35 bits per heavy atom. The maximum absolute atomic E-state index is 11.8. The van der Waals surface area contributed by atoms with Crippen LogP contribution in [0.3, 0.4) is 0 Å². The van der Waals surface area contributed by atoms with E-state index in [2.05, 4.69) is 19.2 Å². The Morgan fingerprint density at radius 1 is 1.35 bits per heavy atom. The van der Waals surface area contributed by atoms with Crippen LogP contribution in [0.1, 0.15) is 30.6 Å². The molecule has 0 saturated heterocycles. The lowest BCUT2D eigenvalue weighted by Crippen LogP contribution is -2.25. The quantitative estimate of drug-likeness (QED) is 0.828. The number of nitrogens with one attached hydrogen (secondary N) is 1. The molecule has 0 atom stereocenters. The summed E-state index contributed by atoms with van der Waals surface area (Å²) < 4.78 is 0. The van der Waals surface area contributed by atoms with Crippen LogP contribution in [0.15, 0.2) is 12.1 Å². The van der Waals surface area contributed by atoms with Crippen molar-refractivity contribution in [1.82, 2.24) is 5.32 Å². The fourth-order valence-electron chi connectivity index (χ4n) is 1.29. The summed E-state index contributed by atoms with van der Waals surface area (Å²) in [4.78, 5) is 11.8. The molecule has 1 aromatic rings. The monoisotopic (exact) mass is 274 g/mol. The van der Waals surface area contributed by atoms with Gasteiger partial charge in [-0.05, 0) is 24.5 Å². The van der Waals surface area contributed by atoms with Gasteiger partial charge in [0.2, 0.25) is 0 Å². The van der Waals surface area contributed by atoms with Gasteiger partial charge in [-0.15, -0.1) is 0 Å². The Morgan fingerprint density at radius 2 is 1.88 bits per heavy atom. The molecule has 1 aromatic carbocycles. The smallest absolute Gasteiger partial charge is 0.251 e. The van der Waals surface area contributed by atoms with Crippen molar-refractivity contribution in [1.29, 1.82) is 0 Å². The van der Waals surface area contributed by atoms with Crippen molar-refractivity contribution in [3.63, 3.8) is 0 Å². The highest BCUT2D eigenvalue weighted by Gasteiger charge is 2.10. The highest BCUT2D eigenvalue weighted by Crippen LogP contribution is 2.28. The minimum absolute atomic E-state index is 0.186. The molecular weight excluding hydrogens is 259 g/mol. The molecule has 0 heterocycles. The molecule has 0 radical (unpaired) electrons. The van der Waals surface area contributed by atoms with Crippen LogP contribution in [0.25, 0.3) is 0 Å². The van der Waals surface area contributed by atoms with Gasteiger partial charge in [-0.2, -0.15) is 0 Å². The minimum Gasteiger partial charge on any atom is -0.396 e. The molecule has 3 N–H and O–H groups in total. The standard InChI is InChI=1S/C12H16Cl2N2O/c1-7(2)3-4-16-12(17)8-5-9(13)11(15)10(14)6-8/h5-7H,3-4,15H2,1-2H3,(H,16,17). The molecule has 5 heteroatoms. The lowest BCUT2D eigenvalue weighted by Gasteiger charge is -2.09. The maximum Gasteiger partial charge on any atom is 0.251 e. The molecule has 0 spiro atoms. The second-order valence-corrected chi connectivity index (χ2v) is 5.11. The number of amides is 1. The first kappa shape index (κ1) is 14.1. The number of hydrogen-bond donors (Lipinski definition) is 2. The van der Waals surface area contributed by atoms with E-state index >= 15 is 0 Å². The summed E-state index contributed by atoms with van der Waals surface area (Å²) in [5, 5.41) is 3.40. The molecule has 0 aromatic heterocycles. The van der Waals surface area contributed by atoms with Crippen LogP contribution >= 0.6 is 23.2 Å². The van der Waals surface area contributed by atoms with Gasteiger partial charge in [-0.25, -0.2) is 0 Å². The lowest BCUT2D eigenvalue weighted by atomic mass is 10.1. The van der Waals surface area contributed by atoms with Crippen molar-refractivity contribution in [2.45, 2.75) is 20.3 Å². The van der Waals surface area contributed by atoms with Crippen LogP contribution in [0.5, 0.6) is 0 Å². The van der Waals surface area contributed by atoms with Gasteiger partial charge in [0.05, 0.1) is 15.7 Å². The number of carbonyl (C=O) groups is 1. The molecule has 94 valence electrons. The molecule has 0 aliphatic carbocycles. The first-order valence-corrected chi connectivity index (χ1v) is 6.20. The van der Waals surface area contributed by atoms with Gasteiger partial charge in [-0.1, -0.05) is 37.0 Å². The van der Waals surface area contributed by atoms with E-state index in [1.54, 1.807) is 0 Å². The van der Waals surface area contributed by atoms with Crippen LogP contribution in [0, 0.1) is 5.92 Å². The predicted octanol–water partition coefficient (Wildman–Crippen LogP) is 3.35. The van der Waals surface area contributed by atoms with Crippen molar-refractivity contribution >= 4 is 34.8 Å². The Labute approximate surface area is 111 Å². The molecule has 1 amide bonds. The van der Waals surface area contributed by atoms with Crippen molar-refractivity contribution < 1.29 is 4.79 Å². The van der Waals surface area contributed by atoms with Gasteiger partial charge in [0, 0.05) is 12.1 Å². The zero-order valence-electron chi connectivity index (χ0n) is 9.89. The number of halogens is 2. The summed E-state index contributed by atoms with van der Waals surface area (Å²) in [6, 6.07) is 3.04. The zero-order valence-corrected chi connectivity index (χ0v) is 11.4. The van der Waals surface area contributed by atoms with Gasteiger partial charge in [0.25, 0.3) is 5.91 Å². The van der Waals surface area contributed by atoms with Gasteiger partial charge in [-0.3, -0.25) is 4.79 Å². The van der Waals surface area contributed by atoms with Crippen LogP contribution in [0.2, 0.25) is 10.0 Å². The maximum atomic E-state index is 11.8. The molecular formula is C12H16Cl2N2O. The second-order valence-electron chi connectivity index (χ2n) is 4.29. The van der Waals surface area contributed by atoms with E-state index in [1.807, 2.05) is 0 Å². The van der Waals surface area contributed by atoms with E-state index in [1.165, 1.54) is 12.1 Å². The van der Waals surface area contributed by atoms with E-state index in [-0.39, 0.29) is 5.91 Å². The van der Waals surface area contributed by atoms with Gasteiger partial charge in [0.1, 0.15) is 0 Å². The minimum atomic E-state index is -0.186. The number of anilines is 1. The highest BCUT2D eigenvalue weighted by atomic mass is 35.5. The van der Waals surface area contributed by atoms with Crippen molar-refractivity contribution in [2.75, 3.05) is 12.3 Å². The summed E-state index contributed by atoms with van der Waals surface area (Å²) in [7, 11) is 0. The second kappa shape index (κ2) is 6.12. The number of hydrogen-bond acceptors (Lipinski definition) is 2. The summed E-state index contributed by atoms with van der Waals surface area (Å²) in [6.07, 6.45) is 0.933. The largest absolute Gasteiger partial charge is 0.396 e. The lowest BCUT2D eigenvalue weighted by molar-refractivity contribution is 0.0952. The molecule has 17 heavy (non-hydrogen) atoms. The molecule has 0 aliphatic heterocycles. The number of carbonyl (C=O) groups excluding carboxylic acids is 1. The molecule has 0 unspecified atom stereocenters. The third-order valence-electron chi connectivity index (χ3n) is 2.35. The normalized spacial score (nSPS) is 10.6. The van der Waals surface area contributed by atoms with Crippen molar-refractivity contribution in [3.05, 3.63) is 27.7 Å². The summed E-state index contributed by atoms with van der Waals surface area (Å²) in [5.74, 6) is 0.364. The van der Waals surface area contributed by atoms with Gasteiger partial charge >= 0.3 is 0 Å². The molecule has 0 bridgehead atoms.